The largest absolute Gasteiger partial charge is 0.391 e. The van der Waals surface area contributed by atoms with E-state index in [1.165, 1.54) is 0 Å². The number of carbonyl (C=O) groups is 1. The lowest BCUT2D eigenvalue weighted by Gasteiger charge is -2.30. The number of nitrogens with zero attached hydrogens (tertiary/aromatic N) is 1. The molecule has 1 aliphatic heterocycles. The van der Waals surface area contributed by atoms with Crippen molar-refractivity contribution >= 4 is 22.5 Å². The summed E-state index contributed by atoms with van der Waals surface area (Å²) < 4.78 is 11.4. The fraction of sp³-hybridized carbons (Fsp3) is 0.462. The van der Waals surface area contributed by atoms with Crippen LogP contribution in [0.4, 0.5) is 10.5 Å². The number of likely N-dealkylation sites (tertiary alicyclic amines) is 1. The van der Waals surface area contributed by atoms with Crippen molar-refractivity contribution in [3.8, 4) is 0 Å². The normalized spacial score (nSPS) is 20.9. The van der Waals surface area contributed by atoms with Crippen LogP contribution in [0.1, 0.15) is 12.8 Å². The number of carbonyl (C=O) groups excluding carboxylic acids is 1. The van der Waals surface area contributed by atoms with Crippen molar-refractivity contribution in [3.05, 3.63) is 24.3 Å². The first kappa shape index (κ1) is 14.0. The number of urea groups is 1. The van der Waals surface area contributed by atoms with Gasteiger partial charge in [-0.1, -0.05) is 6.07 Å². The molecule has 1 aromatic carbocycles. The third kappa shape index (κ3) is 3.78. The Morgan fingerprint density at radius 3 is 3.00 bits per heavy atom. The number of rotatable bonds is 2. The number of amides is 2. The zero-order valence-corrected chi connectivity index (χ0v) is 11.7. The second kappa shape index (κ2) is 6.16. The molecule has 0 radical (unpaired) electrons. The lowest BCUT2D eigenvalue weighted by Crippen LogP contribution is -2.44. The van der Waals surface area contributed by atoms with Gasteiger partial charge < -0.3 is 15.3 Å². The van der Waals surface area contributed by atoms with E-state index in [0.717, 1.165) is 12.8 Å². The maximum absolute atomic E-state index is 12.0. The number of anilines is 1. The molecule has 1 aromatic rings. The van der Waals surface area contributed by atoms with Crippen molar-refractivity contribution < 1.29 is 14.1 Å². The molecule has 2 N–H and O–H groups in total. The van der Waals surface area contributed by atoms with E-state index >= 15 is 0 Å². The second-order valence-electron chi connectivity index (χ2n) is 4.65. The van der Waals surface area contributed by atoms with Gasteiger partial charge >= 0.3 is 6.03 Å². The van der Waals surface area contributed by atoms with Gasteiger partial charge in [0.1, 0.15) is 0 Å². The minimum absolute atomic E-state index is 0.224. The molecule has 1 heterocycles. The van der Waals surface area contributed by atoms with Gasteiger partial charge in [-0.2, -0.15) is 0 Å². The minimum atomic E-state index is -1.07. The molecule has 2 amide bonds. The Balaban J connectivity index is 2.02. The Labute approximate surface area is 115 Å². The first-order valence-corrected chi connectivity index (χ1v) is 7.79. The van der Waals surface area contributed by atoms with Crippen molar-refractivity contribution in [3.63, 3.8) is 0 Å². The van der Waals surface area contributed by atoms with Crippen LogP contribution in [0.5, 0.6) is 0 Å². The highest BCUT2D eigenvalue weighted by Crippen LogP contribution is 2.15. The summed E-state index contributed by atoms with van der Waals surface area (Å²) in [6, 6.07) is 6.76. The molecule has 2 rings (SSSR count). The number of aliphatic hydroxyl groups excluding tert-OH is 1. The molecule has 0 aromatic heterocycles. The van der Waals surface area contributed by atoms with E-state index in [9.17, 15) is 14.1 Å². The van der Waals surface area contributed by atoms with Gasteiger partial charge in [0, 0.05) is 40.7 Å². The van der Waals surface area contributed by atoms with E-state index in [1.807, 2.05) is 0 Å². The molecule has 1 fully saturated rings. The molecule has 6 heteroatoms. The second-order valence-corrected chi connectivity index (χ2v) is 6.03. The quantitative estimate of drug-likeness (QED) is 0.861. The Bertz CT molecular complexity index is 493. The summed E-state index contributed by atoms with van der Waals surface area (Å²) in [5.74, 6) is 0. The van der Waals surface area contributed by atoms with E-state index < -0.39 is 16.9 Å². The van der Waals surface area contributed by atoms with Crippen LogP contribution in [0.2, 0.25) is 0 Å². The topological polar surface area (TPSA) is 69.6 Å². The van der Waals surface area contributed by atoms with Gasteiger partial charge in [0.2, 0.25) is 0 Å². The number of hydrogen-bond acceptors (Lipinski definition) is 3. The highest BCUT2D eigenvalue weighted by atomic mass is 32.2. The van der Waals surface area contributed by atoms with Crippen molar-refractivity contribution in [1.29, 1.82) is 0 Å². The van der Waals surface area contributed by atoms with Crippen LogP contribution in [-0.2, 0) is 10.8 Å². The van der Waals surface area contributed by atoms with Gasteiger partial charge in [-0.15, -0.1) is 0 Å². The number of piperidine rings is 1. The number of nitrogens with one attached hydrogen (secondary N) is 1. The summed E-state index contributed by atoms with van der Waals surface area (Å²) in [5, 5.41) is 12.3. The summed E-state index contributed by atoms with van der Waals surface area (Å²) in [4.78, 5) is 14.3. The van der Waals surface area contributed by atoms with E-state index in [1.54, 1.807) is 35.4 Å². The molecule has 2 atom stereocenters. The van der Waals surface area contributed by atoms with Crippen LogP contribution in [0.15, 0.2) is 29.2 Å². The highest BCUT2D eigenvalue weighted by molar-refractivity contribution is 7.84. The van der Waals surface area contributed by atoms with E-state index in [2.05, 4.69) is 5.32 Å². The average Bonchev–Trinajstić information content (AvgIpc) is 2.39. The summed E-state index contributed by atoms with van der Waals surface area (Å²) in [6.07, 6.45) is 2.72. The summed E-state index contributed by atoms with van der Waals surface area (Å²) >= 11 is 0. The minimum Gasteiger partial charge on any atom is -0.391 e. The van der Waals surface area contributed by atoms with Crippen LogP contribution >= 0.6 is 0 Å². The molecule has 0 bridgehead atoms. The molecular weight excluding hydrogens is 264 g/mol. The summed E-state index contributed by atoms with van der Waals surface area (Å²) in [7, 11) is -1.07. The number of hydrogen-bond donors (Lipinski definition) is 2. The Morgan fingerprint density at radius 1 is 1.53 bits per heavy atom. The lowest BCUT2D eigenvalue weighted by molar-refractivity contribution is 0.0883. The highest BCUT2D eigenvalue weighted by Gasteiger charge is 2.21. The first-order chi connectivity index (χ1) is 9.06. The van der Waals surface area contributed by atoms with Gasteiger partial charge in [0.15, 0.2) is 0 Å². The van der Waals surface area contributed by atoms with Crippen LogP contribution in [-0.4, -0.2) is 45.7 Å². The fourth-order valence-electron chi connectivity index (χ4n) is 2.09. The molecule has 5 nitrogen and oxygen atoms in total. The smallest absolute Gasteiger partial charge is 0.321 e. The predicted octanol–water partition coefficient (Wildman–Crippen LogP) is 1.41. The van der Waals surface area contributed by atoms with Gasteiger partial charge in [-0.25, -0.2) is 4.79 Å². The predicted molar refractivity (Wildman–Crippen MR) is 74.6 cm³/mol. The van der Waals surface area contributed by atoms with Crippen molar-refractivity contribution in [1.82, 2.24) is 4.90 Å². The SMILES string of the molecule is CS(=O)c1cccc(NC(=O)N2CCCC(O)C2)c1. The molecule has 0 aliphatic carbocycles. The summed E-state index contributed by atoms with van der Waals surface area (Å²) in [6.45, 7) is 1.02. The van der Waals surface area contributed by atoms with Crippen LogP contribution in [0, 0.1) is 0 Å². The fourth-order valence-corrected chi connectivity index (χ4v) is 2.66. The van der Waals surface area contributed by atoms with Gasteiger partial charge in [-0.05, 0) is 31.0 Å². The zero-order chi connectivity index (χ0) is 13.8. The molecule has 1 saturated heterocycles. The third-order valence-electron chi connectivity index (χ3n) is 3.10. The van der Waals surface area contributed by atoms with Gasteiger partial charge in [-0.3, -0.25) is 4.21 Å². The molecular formula is C13H18N2O3S. The Hall–Kier alpha value is -1.40. The van der Waals surface area contributed by atoms with Gasteiger partial charge in [0.05, 0.1) is 6.10 Å². The average molecular weight is 282 g/mol. The van der Waals surface area contributed by atoms with Crippen LogP contribution in [0.25, 0.3) is 0 Å². The number of β-amino-alcohol motifs (C(OH)–C–C–N with tert-alkyl or cyclic N) is 1. The zero-order valence-electron chi connectivity index (χ0n) is 10.8. The number of benzene rings is 1. The van der Waals surface area contributed by atoms with Crippen LogP contribution < -0.4 is 5.32 Å². The van der Waals surface area contributed by atoms with Crippen molar-refractivity contribution in [2.24, 2.45) is 0 Å². The molecule has 1 aliphatic rings. The van der Waals surface area contributed by atoms with Gasteiger partial charge in [0.25, 0.3) is 0 Å². The van der Waals surface area contributed by atoms with E-state index in [0.29, 0.717) is 23.7 Å². The number of aliphatic hydroxyl groups is 1. The van der Waals surface area contributed by atoms with Crippen molar-refractivity contribution in [2.45, 2.75) is 23.8 Å². The van der Waals surface area contributed by atoms with E-state index in [4.69, 9.17) is 0 Å². The van der Waals surface area contributed by atoms with Crippen LogP contribution in [0.3, 0.4) is 0 Å². The Kier molecular flexibility index (Phi) is 4.55. The first-order valence-electron chi connectivity index (χ1n) is 6.24. The monoisotopic (exact) mass is 282 g/mol. The molecule has 0 spiro atoms. The maximum Gasteiger partial charge on any atom is 0.321 e. The molecule has 2 unspecified atom stereocenters. The maximum atomic E-state index is 12.0. The van der Waals surface area contributed by atoms with E-state index in [-0.39, 0.29) is 6.03 Å². The standard InChI is InChI=1S/C13H18N2O3S/c1-19(18)12-6-2-4-10(8-12)14-13(17)15-7-3-5-11(16)9-15/h2,4,6,8,11,16H,3,5,7,9H2,1H3,(H,14,17). The van der Waals surface area contributed by atoms with Crippen molar-refractivity contribution in [2.75, 3.05) is 24.7 Å². The Morgan fingerprint density at radius 2 is 2.32 bits per heavy atom. The third-order valence-corrected chi connectivity index (χ3v) is 4.02. The lowest BCUT2D eigenvalue weighted by atomic mass is 10.1. The molecule has 104 valence electrons. The molecule has 19 heavy (non-hydrogen) atoms. The molecule has 0 saturated carbocycles. The summed E-state index contributed by atoms with van der Waals surface area (Å²) in [5.41, 5.74) is 0.623.